The van der Waals surface area contributed by atoms with Crippen LogP contribution >= 0.6 is 0 Å². The molecule has 4 saturated carbocycles. The lowest BCUT2D eigenvalue weighted by atomic mass is 9.45. The third-order valence-electron chi connectivity index (χ3n) is 9.08. The Labute approximate surface area is 167 Å². The molecule has 7 atom stereocenters. The highest BCUT2D eigenvalue weighted by molar-refractivity contribution is 6.69. The minimum atomic E-state index is -1.43. The molecular weight excluding hydrogens is 350 g/mol. The maximum Gasteiger partial charge on any atom is 0.184 e. The van der Waals surface area contributed by atoms with Gasteiger partial charge < -0.3 is 9.26 Å². The monoisotopic (exact) mass is 391 g/mol. The van der Waals surface area contributed by atoms with E-state index in [1.807, 2.05) is 0 Å². The van der Waals surface area contributed by atoms with Crippen LogP contribution in [-0.4, -0.2) is 27.2 Å². The largest absolute Gasteiger partial charge is 0.415 e. The van der Waals surface area contributed by atoms with Crippen LogP contribution in [0.25, 0.3) is 0 Å². The van der Waals surface area contributed by atoms with Gasteiger partial charge in [0.2, 0.25) is 0 Å². The molecule has 4 rings (SSSR count). The van der Waals surface area contributed by atoms with Crippen molar-refractivity contribution < 1.29 is 9.26 Å². The van der Waals surface area contributed by atoms with Gasteiger partial charge in [-0.2, -0.15) is 0 Å². The molecule has 3 nitrogen and oxygen atoms in total. The molecule has 0 saturated heterocycles. The topological polar surface area (TPSA) is 30.8 Å². The standard InChI is InChI=1S/C23H41NO2Si/c1-22-13-11-17(26-27(4,5)6)15-16(22)7-8-18-19-9-10-21(24-25-3)23(19,2)14-12-20(18)22/h16-20H,7-15H2,1-6H3/t16-,17+,18?,19?,20?,22-,23-/m0/s1. The van der Waals surface area contributed by atoms with Crippen LogP contribution in [0.3, 0.4) is 0 Å². The van der Waals surface area contributed by atoms with E-state index in [0.29, 0.717) is 16.9 Å². The number of rotatable bonds is 3. The van der Waals surface area contributed by atoms with Gasteiger partial charge in [-0.25, -0.2) is 0 Å². The third-order valence-corrected chi connectivity index (χ3v) is 10.1. The van der Waals surface area contributed by atoms with Crippen LogP contribution in [0, 0.1) is 34.5 Å². The number of fused-ring (bicyclic) bond motifs is 5. The first-order valence-corrected chi connectivity index (χ1v) is 14.9. The zero-order valence-electron chi connectivity index (χ0n) is 18.5. The quantitative estimate of drug-likeness (QED) is 0.420. The molecule has 4 heteroatoms. The molecule has 27 heavy (non-hydrogen) atoms. The lowest BCUT2D eigenvalue weighted by Crippen LogP contribution is -2.54. The first-order valence-electron chi connectivity index (χ1n) is 11.5. The van der Waals surface area contributed by atoms with Crippen molar-refractivity contribution in [1.29, 1.82) is 0 Å². The van der Waals surface area contributed by atoms with Crippen LogP contribution in [0.1, 0.15) is 71.6 Å². The van der Waals surface area contributed by atoms with E-state index >= 15 is 0 Å². The second-order valence-electron chi connectivity index (χ2n) is 11.5. The number of nitrogens with zero attached hydrogens (tertiary/aromatic N) is 1. The Morgan fingerprint density at radius 3 is 2.44 bits per heavy atom. The van der Waals surface area contributed by atoms with Crippen LogP contribution < -0.4 is 0 Å². The van der Waals surface area contributed by atoms with E-state index in [2.05, 4.69) is 38.6 Å². The zero-order valence-corrected chi connectivity index (χ0v) is 19.5. The number of hydrogen-bond acceptors (Lipinski definition) is 3. The minimum absolute atomic E-state index is 0.304. The molecule has 4 aliphatic carbocycles. The average molecular weight is 392 g/mol. The third kappa shape index (κ3) is 3.33. The van der Waals surface area contributed by atoms with Crippen molar-refractivity contribution in [2.45, 2.75) is 97.4 Å². The van der Waals surface area contributed by atoms with Gasteiger partial charge in [0.1, 0.15) is 7.11 Å². The summed E-state index contributed by atoms with van der Waals surface area (Å²) in [4.78, 5) is 5.21. The molecule has 4 fully saturated rings. The summed E-state index contributed by atoms with van der Waals surface area (Å²) in [5.41, 5.74) is 2.21. The summed E-state index contributed by atoms with van der Waals surface area (Å²) in [7, 11) is 0.283. The molecule has 0 heterocycles. The molecule has 4 aliphatic rings. The summed E-state index contributed by atoms with van der Waals surface area (Å²) < 4.78 is 6.54. The van der Waals surface area contributed by atoms with Crippen molar-refractivity contribution in [2.75, 3.05) is 7.11 Å². The molecule has 0 radical (unpaired) electrons. The van der Waals surface area contributed by atoms with Crippen molar-refractivity contribution in [1.82, 2.24) is 0 Å². The van der Waals surface area contributed by atoms with Crippen molar-refractivity contribution in [3.63, 3.8) is 0 Å². The van der Waals surface area contributed by atoms with Gasteiger partial charge in [0.25, 0.3) is 0 Å². The van der Waals surface area contributed by atoms with Gasteiger partial charge in [-0.15, -0.1) is 0 Å². The molecular formula is C23H41NO2Si. The van der Waals surface area contributed by atoms with Gasteiger partial charge >= 0.3 is 0 Å². The first kappa shape index (κ1) is 19.9. The summed E-state index contributed by atoms with van der Waals surface area (Å²) in [5.74, 6) is 3.54. The second-order valence-corrected chi connectivity index (χ2v) is 16.0. The highest BCUT2D eigenvalue weighted by Gasteiger charge is 2.59. The van der Waals surface area contributed by atoms with Crippen molar-refractivity contribution in [3.05, 3.63) is 0 Å². The fourth-order valence-electron chi connectivity index (χ4n) is 7.87. The highest BCUT2D eigenvalue weighted by atomic mass is 28.4. The maximum atomic E-state index is 6.54. The molecule has 0 aromatic rings. The predicted octanol–water partition coefficient (Wildman–Crippen LogP) is 6.25. The van der Waals surface area contributed by atoms with Crippen LogP contribution in [0.4, 0.5) is 0 Å². The predicted molar refractivity (Wildman–Crippen MR) is 114 cm³/mol. The summed E-state index contributed by atoms with van der Waals surface area (Å²) in [6.45, 7) is 12.2. The molecule has 3 unspecified atom stereocenters. The average Bonchev–Trinajstić information content (AvgIpc) is 2.91. The van der Waals surface area contributed by atoms with Crippen LogP contribution in [-0.2, 0) is 9.26 Å². The molecule has 0 bridgehead atoms. The van der Waals surface area contributed by atoms with Crippen LogP contribution in [0.5, 0.6) is 0 Å². The Balaban J connectivity index is 1.52. The summed E-state index contributed by atoms with van der Waals surface area (Å²) in [6.07, 6.45) is 12.6. The van der Waals surface area contributed by atoms with Crippen LogP contribution in [0.2, 0.25) is 19.6 Å². The van der Waals surface area contributed by atoms with E-state index < -0.39 is 8.32 Å². The van der Waals surface area contributed by atoms with Gasteiger partial charge in [-0.05, 0) is 107 Å². The van der Waals surface area contributed by atoms with E-state index in [1.54, 1.807) is 7.11 Å². The van der Waals surface area contributed by atoms with Gasteiger partial charge in [-0.1, -0.05) is 19.0 Å². The summed E-state index contributed by atoms with van der Waals surface area (Å²) >= 11 is 0. The molecule has 0 aromatic carbocycles. The summed E-state index contributed by atoms with van der Waals surface area (Å²) in [6, 6.07) is 0. The van der Waals surface area contributed by atoms with Crippen molar-refractivity contribution >= 4 is 14.0 Å². The van der Waals surface area contributed by atoms with E-state index in [4.69, 9.17) is 9.26 Å². The lowest BCUT2D eigenvalue weighted by Gasteiger charge is -2.60. The number of oxime groups is 1. The molecule has 0 spiro atoms. The Morgan fingerprint density at radius 2 is 1.74 bits per heavy atom. The Morgan fingerprint density at radius 1 is 0.963 bits per heavy atom. The molecule has 0 aromatic heterocycles. The normalized spacial score (nSPS) is 48.7. The maximum absolute atomic E-state index is 6.54. The van der Waals surface area contributed by atoms with E-state index in [9.17, 15) is 0 Å². The second kappa shape index (κ2) is 6.86. The molecule has 154 valence electrons. The molecule has 0 amide bonds. The van der Waals surface area contributed by atoms with Gasteiger partial charge in [0.15, 0.2) is 8.32 Å². The van der Waals surface area contributed by atoms with Crippen molar-refractivity contribution in [2.24, 2.45) is 39.7 Å². The first-order chi connectivity index (χ1) is 12.7. The number of hydrogen-bond donors (Lipinski definition) is 0. The fourth-order valence-corrected chi connectivity index (χ4v) is 9.09. The van der Waals surface area contributed by atoms with E-state index in [0.717, 1.165) is 30.1 Å². The zero-order chi connectivity index (χ0) is 19.4. The Kier molecular flexibility index (Phi) is 5.07. The molecule has 0 N–H and O–H groups in total. The highest BCUT2D eigenvalue weighted by Crippen LogP contribution is 2.65. The van der Waals surface area contributed by atoms with Crippen LogP contribution in [0.15, 0.2) is 5.16 Å². The molecule has 0 aliphatic heterocycles. The minimum Gasteiger partial charge on any atom is -0.415 e. The summed E-state index contributed by atoms with van der Waals surface area (Å²) in [5, 5.41) is 4.46. The SMILES string of the molecule is CON=C1CCC2C3CC[C@H]4C[C@H](O[Si](C)(C)C)CC[C@]4(C)C3CC[C@]12C. The Hall–Kier alpha value is -0.353. The lowest BCUT2D eigenvalue weighted by molar-refractivity contribution is -0.111. The van der Waals surface area contributed by atoms with Gasteiger partial charge in [0, 0.05) is 11.5 Å². The van der Waals surface area contributed by atoms with E-state index in [1.165, 1.54) is 57.1 Å². The fraction of sp³-hybridized carbons (Fsp3) is 0.957. The Bertz CT molecular complexity index is 600. The van der Waals surface area contributed by atoms with Gasteiger partial charge in [0.05, 0.1) is 5.71 Å². The van der Waals surface area contributed by atoms with Crippen molar-refractivity contribution in [3.8, 4) is 0 Å². The van der Waals surface area contributed by atoms with Gasteiger partial charge in [-0.3, -0.25) is 0 Å². The smallest absolute Gasteiger partial charge is 0.184 e. The van der Waals surface area contributed by atoms with E-state index in [-0.39, 0.29) is 0 Å².